The van der Waals surface area contributed by atoms with E-state index in [4.69, 9.17) is 23.9 Å². The number of hydrogen-bond donors (Lipinski definition) is 4. The van der Waals surface area contributed by atoms with Crippen LogP contribution in [0.15, 0.2) is 77.8 Å². The fraction of sp³-hybridized carbons (Fsp3) is 0.536. The zero-order valence-corrected chi connectivity index (χ0v) is 44.0. The van der Waals surface area contributed by atoms with Crippen LogP contribution in [0.2, 0.25) is 0 Å². The van der Waals surface area contributed by atoms with Gasteiger partial charge in [-0.3, -0.25) is 24.7 Å². The van der Waals surface area contributed by atoms with Gasteiger partial charge in [0.25, 0.3) is 27.5 Å². The minimum atomic E-state index is -4.73. The number of piperidine rings is 1. The number of nitro groups is 1. The van der Waals surface area contributed by atoms with Crippen LogP contribution in [0.4, 0.5) is 17.1 Å². The van der Waals surface area contributed by atoms with E-state index in [1.807, 2.05) is 19.1 Å². The van der Waals surface area contributed by atoms with E-state index in [0.29, 0.717) is 75.6 Å². The van der Waals surface area contributed by atoms with Crippen LogP contribution in [-0.4, -0.2) is 134 Å². The number of fused-ring (bicyclic) bond motifs is 2. The summed E-state index contributed by atoms with van der Waals surface area (Å²) in [5.74, 6) is 0.639. The molecule has 1 amide bonds. The molecule has 3 aromatic carbocycles. The minimum Gasteiger partial charge on any atom is -0.489 e. The second kappa shape index (κ2) is 20.9. The maximum atomic E-state index is 14.5. The number of nitrogens with zero attached hydrogens (tertiary/aromatic N) is 5. The molecule has 2 aliphatic carbocycles. The van der Waals surface area contributed by atoms with Gasteiger partial charge in [0, 0.05) is 87.3 Å². The normalized spacial score (nSPS) is 25.1. The van der Waals surface area contributed by atoms with Gasteiger partial charge in [-0.15, -0.1) is 0 Å². The lowest BCUT2D eigenvalue weighted by molar-refractivity contribution is -0.384. The van der Waals surface area contributed by atoms with Gasteiger partial charge in [0.2, 0.25) is 0 Å². The Morgan fingerprint density at radius 1 is 0.973 bits per heavy atom. The van der Waals surface area contributed by atoms with E-state index in [0.717, 1.165) is 69.3 Å². The molecule has 19 heteroatoms. The molecule has 1 spiro atoms. The smallest absolute Gasteiger partial charge is 0.297 e. The predicted octanol–water partition coefficient (Wildman–Crippen LogP) is 8.57. The van der Waals surface area contributed by atoms with E-state index in [2.05, 4.69) is 67.8 Å². The number of ether oxygens (including phenoxy) is 4. The number of aromatic amines is 1. The van der Waals surface area contributed by atoms with Crippen molar-refractivity contribution in [1.82, 2.24) is 24.5 Å². The van der Waals surface area contributed by atoms with Crippen molar-refractivity contribution in [2.24, 2.45) is 11.3 Å². The Morgan fingerprint density at radius 2 is 1.75 bits per heavy atom. The van der Waals surface area contributed by atoms with Crippen molar-refractivity contribution in [2.75, 3.05) is 82.5 Å². The van der Waals surface area contributed by atoms with Crippen molar-refractivity contribution >= 4 is 44.0 Å². The first kappa shape index (κ1) is 51.1. The largest absolute Gasteiger partial charge is 0.489 e. The molecule has 0 bridgehead atoms. The number of pyridine rings is 1. The number of H-pyrrole nitrogens is 1. The molecule has 6 aliphatic rings. The Hall–Kier alpha value is -5.99. The Morgan fingerprint density at radius 3 is 2.51 bits per heavy atom. The van der Waals surface area contributed by atoms with Crippen LogP contribution in [0.5, 0.6) is 23.1 Å². The number of carbonyl (C=O) groups excluding carboxylic acids is 1. The van der Waals surface area contributed by atoms with Gasteiger partial charge in [0.05, 0.1) is 40.2 Å². The summed E-state index contributed by atoms with van der Waals surface area (Å²) >= 11 is 0. The van der Waals surface area contributed by atoms with E-state index in [9.17, 15) is 28.4 Å². The molecule has 400 valence electrons. The molecular formula is C56H70N8O10S. The molecule has 5 aromatic rings. The van der Waals surface area contributed by atoms with Crippen LogP contribution in [0.25, 0.3) is 11.0 Å². The lowest BCUT2D eigenvalue weighted by Crippen LogP contribution is -2.63. The summed E-state index contributed by atoms with van der Waals surface area (Å²) in [5.41, 5.74) is 3.35. The lowest BCUT2D eigenvalue weighted by atomic mass is 9.70. The lowest BCUT2D eigenvalue weighted by Gasteiger charge is -2.57. The van der Waals surface area contributed by atoms with Gasteiger partial charge in [-0.2, -0.15) is 4.98 Å². The number of hydrogen-bond acceptors (Lipinski definition) is 15. The van der Waals surface area contributed by atoms with Gasteiger partial charge in [0.15, 0.2) is 17.2 Å². The zero-order valence-electron chi connectivity index (χ0n) is 43.2. The molecule has 2 saturated carbocycles. The molecule has 3 saturated heterocycles. The molecule has 0 radical (unpaired) electrons. The second-order valence-electron chi connectivity index (χ2n) is 22.5. The van der Waals surface area contributed by atoms with Crippen LogP contribution in [0.3, 0.4) is 0 Å². The number of nitro benzene ring substituents is 1. The Bertz CT molecular complexity index is 3020. The molecule has 18 nitrogen and oxygen atoms in total. The van der Waals surface area contributed by atoms with Crippen molar-refractivity contribution in [3.63, 3.8) is 0 Å². The number of nitrogens with one attached hydrogen (secondary N) is 3. The summed E-state index contributed by atoms with van der Waals surface area (Å²) in [6.45, 7) is 14.1. The molecule has 5 fully saturated rings. The number of benzene rings is 3. The van der Waals surface area contributed by atoms with E-state index in [1.165, 1.54) is 36.5 Å². The zero-order chi connectivity index (χ0) is 52.1. The fourth-order valence-corrected chi connectivity index (χ4v) is 13.7. The minimum absolute atomic E-state index is 0.00804. The van der Waals surface area contributed by atoms with Gasteiger partial charge in [-0.1, -0.05) is 44.5 Å². The van der Waals surface area contributed by atoms with E-state index in [1.54, 1.807) is 24.4 Å². The van der Waals surface area contributed by atoms with Crippen LogP contribution in [0, 0.1) is 21.4 Å². The summed E-state index contributed by atoms with van der Waals surface area (Å²) in [6, 6.07) is 20.2. The average molecular weight is 1050 g/mol. The standard InChI is InChI=1S/C56H70N8O10S/c1-36(2)41-7-4-5-8-42(41)43-9-6-10-46(43)63-34-56(35-63)18-21-62(22-19-56)39-11-12-44(48(30-39)74-50-29-38-15-20-57-52(38)59-54(50)72-28-25-61-23-26-71-27-24-61)53(65)60-75(69,70)40-31-47(64(67)68)51-49(32-40)73-33-45(58-51)37-13-16-55(3,66)17-14-37/h4-5,7-8,11-12,15,20,29-32,36-37,43,45-46,58,66H,6,9-10,13-14,16-19,21-28,33-35H2,1-3H3,(H,57,59)(H,60,65)/t37-,43-,45-,46-,55-/m1/s1. The molecule has 3 atom stereocenters. The van der Waals surface area contributed by atoms with Gasteiger partial charge >= 0.3 is 0 Å². The molecule has 0 unspecified atom stereocenters. The molecule has 75 heavy (non-hydrogen) atoms. The van der Waals surface area contributed by atoms with Crippen molar-refractivity contribution < 1.29 is 42.2 Å². The molecule has 4 N–H and O–H groups in total. The second-order valence-corrected chi connectivity index (χ2v) is 24.2. The first-order valence-corrected chi connectivity index (χ1v) is 28.4. The third-order valence-corrected chi connectivity index (χ3v) is 18.4. The maximum absolute atomic E-state index is 14.5. The number of morpholine rings is 1. The summed E-state index contributed by atoms with van der Waals surface area (Å²) in [4.78, 5) is 41.0. The highest BCUT2D eigenvalue weighted by molar-refractivity contribution is 7.90. The summed E-state index contributed by atoms with van der Waals surface area (Å²) in [6.07, 6.45) is 10.1. The van der Waals surface area contributed by atoms with E-state index in [-0.39, 0.29) is 58.4 Å². The van der Waals surface area contributed by atoms with Crippen LogP contribution in [0.1, 0.15) is 112 Å². The first-order chi connectivity index (χ1) is 36.1. The number of anilines is 2. The van der Waals surface area contributed by atoms with Crippen molar-refractivity contribution in [3.8, 4) is 23.1 Å². The first-order valence-electron chi connectivity index (χ1n) is 26.9. The Labute approximate surface area is 438 Å². The summed E-state index contributed by atoms with van der Waals surface area (Å²) < 4.78 is 55.2. The Kier molecular flexibility index (Phi) is 14.2. The van der Waals surface area contributed by atoms with Gasteiger partial charge in [-0.05, 0) is 117 Å². The number of amides is 1. The number of rotatable bonds is 15. The number of aliphatic hydroxyl groups is 1. The SMILES string of the molecule is CC(C)c1ccccc1[C@H]1CCC[C@H]1N1CC2(CCN(c3ccc(C(=O)NS(=O)(=O)c4cc5c(c([N+](=O)[O-])c4)N[C@@H]([C@H]4CC[C@](C)(O)CC4)CO5)c(Oc4cc5cc[nH]c5nc4OCCN4CCOCC4)c3)CC2)C1. The van der Waals surface area contributed by atoms with Crippen molar-refractivity contribution in [2.45, 2.75) is 113 Å². The van der Waals surface area contributed by atoms with E-state index < -0.39 is 37.0 Å². The summed E-state index contributed by atoms with van der Waals surface area (Å²) in [5, 5.41) is 27.0. The highest BCUT2D eigenvalue weighted by Crippen LogP contribution is 2.50. The quantitative estimate of drug-likeness (QED) is 0.0571. The fourth-order valence-electron chi connectivity index (χ4n) is 12.7. The highest BCUT2D eigenvalue weighted by atomic mass is 32.2. The van der Waals surface area contributed by atoms with Crippen LogP contribution in [-0.2, 0) is 14.8 Å². The summed E-state index contributed by atoms with van der Waals surface area (Å²) in [7, 11) is -4.73. The monoisotopic (exact) mass is 1050 g/mol. The van der Waals surface area contributed by atoms with Gasteiger partial charge in [0.1, 0.15) is 24.6 Å². The number of likely N-dealkylation sites (tertiary alicyclic amines) is 1. The predicted molar refractivity (Wildman–Crippen MR) is 285 cm³/mol. The average Bonchev–Trinajstić information content (AvgIpc) is 4.08. The van der Waals surface area contributed by atoms with Crippen molar-refractivity contribution in [1.29, 1.82) is 0 Å². The topological polar surface area (TPSA) is 214 Å². The highest BCUT2D eigenvalue weighted by Gasteiger charge is 2.49. The third kappa shape index (κ3) is 10.8. The molecule has 11 rings (SSSR count). The number of aromatic nitrogens is 2. The molecular weight excluding hydrogens is 977 g/mol. The van der Waals surface area contributed by atoms with Crippen LogP contribution >= 0.6 is 0 Å². The van der Waals surface area contributed by atoms with Crippen LogP contribution < -0.4 is 29.1 Å². The maximum Gasteiger partial charge on any atom is 0.297 e. The molecule has 4 aliphatic heterocycles. The van der Waals surface area contributed by atoms with Gasteiger partial charge < -0.3 is 39.3 Å². The van der Waals surface area contributed by atoms with E-state index >= 15 is 0 Å². The third-order valence-electron chi connectivity index (χ3n) is 17.1. The molecule has 6 heterocycles. The van der Waals surface area contributed by atoms with Gasteiger partial charge in [-0.25, -0.2) is 13.1 Å². The number of sulfonamides is 1. The van der Waals surface area contributed by atoms with Crippen molar-refractivity contribution in [3.05, 3.63) is 99.7 Å². The number of carbonyl (C=O) groups is 1. The molecule has 2 aromatic heterocycles. The Balaban J connectivity index is 0.839.